The Hall–Kier alpha value is -8.75. The number of nitrogens with zero attached hydrogens (tertiary/aromatic N) is 10. The molecule has 2 fully saturated rings. The van der Waals surface area contributed by atoms with Gasteiger partial charge in [-0.3, -0.25) is 4.79 Å². The SMILES string of the molecule is CNc1cc(COc2nsnc2N2CCN(C(=O)Nc3cc(C(F)(F)F)cc(C(F)(F)F)c3)CC2)ccn1.O=C(Nc1cc(COc2nsnc2N2CCN(C(=O)Nc3cc(C(F)(F)F)cc(C(F)(F)F)c3)CC2)ccn1)c1ccccc1. The van der Waals surface area contributed by atoms with Crippen LogP contribution in [0.3, 0.4) is 0 Å². The average molecular weight is 1210 g/mol. The molecule has 0 atom stereocenters. The Labute approximate surface area is 470 Å². The zero-order valence-electron chi connectivity index (χ0n) is 42.8. The number of hydrogen-bond acceptors (Lipinski definition) is 16. The second-order valence-corrected chi connectivity index (χ2v) is 19.0. The Morgan fingerprint density at radius 2 is 0.880 bits per heavy atom. The van der Waals surface area contributed by atoms with Crippen LogP contribution in [0.2, 0.25) is 0 Å². The van der Waals surface area contributed by atoms with E-state index in [1.807, 2.05) is 11.0 Å². The van der Waals surface area contributed by atoms with Gasteiger partial charge < -0.3 is 50.3 Å². The zero-order valence-corrected chi connectivity index (χ0v) is 44.4. The molecule has 0 spiro atoms. The number of alkyl halides is 12. The lowest BCUT2D eigenvalue weighted by atomic mass is 10.1. The van der Waals surface area contributed by atoms with Crippen LogP contribution >= 0.6 is 23.5 Å². The maximum Gasteiger partial charge on any atom is 0.416 e. The van der Waals surface area contributed by atoms with E-state index < -0.39 is 70.4 Å². The third kappa shape index (κ3) is 16.3. The lowest BCUT2D eigenvalue weighted by Crippen LogP contribution is -2.50. The van der Waals surface area contributed by atoms with Crippen molar-refractivity contribution in [2.24, 2.45) is 0 Å². The Balaban J connectivity index is 0.000000220. The van der Waals surface area contributed by atoms with Gasteiger partial charge in [0.15, 0.2) is 0 Å². The number of anilines is 6. The Morgan fingerprint density at radius 1 is 0.494 bits per heavy atom. The largest absolute Gasteiger partial charge is 0.470 e. The molecule has 83 heavy (non-hydrogen) atoms. The van der Waals surface area contributed by atoms with Crippen molar-refractivity contribution < 1.29 is 76.5 Å². The minimum absolute atomic E-state index is 0.00423. The quantitative estimate of drug-likeness (QED) is 0.0793. The summed E-state index contributed by atoms with van der Waals surface area (Å²) >= 11 is 1.86. The molecule has 2 aliphatic heterocycles. The predicted octanol–water partition coefficient (Wildman–Crippen LogP) is 11.1. The van der Waals surface area contributed by atoms with Gasteiger partial charge in [-0.2, -0.15) is 61.4 Å². The number of urea groups is 2. The van der Waals surface area contributed by atoms with Crippen LogP contribution in [0.25, 0.3) is 0 Å². The summed E-state index contributed by atoms with van der Waals surface area (Å²) in [7, 11) is 1.74. The highest BCUT2D eigenvalue weighted by Crippen LogP contribution is 2.40. The van der Waals surface area contributed by atoms with E-state index in [0.29, 0.717) is 77.6 Å². The normalized spacial score (nSPS) is 14.1. The molecular weight excluding hydrogens is 1170 g/mol. The number of ether oxygens (including phenoxy) is 2. The average Bonchev–Trinajstić information content (AvgIpc) is 4.26. The van der Waals surface area contributed by atoms with Gasteiger partial charge in [-0.25, -0.2) is 19.6 Å². The van der Waals surface area contributed by atoms with Crippen LogP contribution in [0.15, 0.2) is 103 Å². The van der Waals surface area contributed by atoms with Crippen molar-refractivity contribution in [3.05, 3.63) is 142 Å². The van der Waals surface area contributed by atoms with Crippen LogP contribution in [0.1, 0.15) is 43.7 Å². The summed E-state index contributed by atoms with van der Waals surface area (Å²) in [6, 6.07) is 15.8. The molecule has 0 aliphatic carbocycles. The summed E-state index contributed by atoms with van der Waals surface area (Å²) in [6.45, 7) is 1.87. The molecule has 3 aromatic carbocycles. The van der Waals surface area contributed by atoms with Gasteiger partial charge in [0, 0.05) is 88.7 Å². The van der Waals surface area contributed by atoms with E-state index in [9.17, 15) is 67.1 Å². The van der Waals surface area contributed by atoms with Crippen LogP contribution < -0.4 is 40.5 Å². The highest BCUT2D eigenvalue weighted by atomic mass is 32.1. The molecule has 19 nitrogen and oxygen atoms in total. The highest BCUT2D eigenvalue weighted by Gasteiger charge is 2.39. The standard InChI is InChI=1S/C28H23F6N7O3S.C22H21F6N7O2S/c29-27(30,31)19-13-20(28(32,33)34)15-21(14-19)36-26(43)41-10-8-40(9-11-41)23-25(39-45-38-23)44-16-17-6-7-35-22(12-17)37-24(42)18-4-2-1-3-5-18;1-29-17-8-13(2-3-30-17)12-37-19-18(32-38-33-19)34-4-6-35(7-5-34)20(36)31-16-10-14(21(23,24)25)9-15(11-16)22(26,27)28/h1-7,12-15H,8-11,16H2,(H,36,43)(H,35,37,42);2-3,8-11H,4-7,12H2,1H3,(H,29,30)(H,31,36). The molecule has 7 aromatic rings. The lowest BCUT2D eigenvalue weighted by Gasteiger charge is -2.34. The van der Waals surface area contributed by atoms with Gasteiger partial charge in [-0.15, -0.1) is 8.75 Å². The van der Waals surface area contributed by atoms with Gasteiger partial charge in [-0.05, 0) is 83.9 Å². The minimum Gasteiger partial charge on any atom is -0.470 e. The third-order valence-electron chi connectivity index (χ3n) is 12.2. The Kier molecular flexibility index (Phi) is 18.6. The van der Waals surface area contributed by atoms with Gasteiger partial charge in [0.05, 0.1) is 45.7 Å². The molecule has 0 unspecified atom stereocenters. The molecule has 6 heterocycles. The van der Waals surface area contributed by atoms with Crippen molar-refractivity contribution in [1.29, 1.82) is 0 Å². The number of amides is 5. The van der Waals surface area contributed by atoms with Crippen molar-refractivity contribution in [1.82, 2.24) is 37.3 Å². The van der Waals surface area contributed by atoms with Gasteiger partial charge in [0.1, 0.15) is 24.8 Å². The molecule has 440 valence electrons. The molecule has 4 N–H and O–H groups in total. The molecule has 0 saturated carbocycles. The van der Waals surface area contributed by atoms with Crippen LogP contribution in [0.5, 0.6) is 11.8 Å². The molecule has 0 radical (unpaired) electrons. The second kappa shape index (κ2) is 25.6. The monoisotopic (exact) mass is 1210 g/mol. The maximum absolute atomic E-state index is 13.2. The van der Waals surface area contributed by atoms with Gasteiger partial charge in [0.25, 0.3) is 17.7 Å². The van der Waals surface area contributed by atoms with Crippen LogP contribution in [0.4, 0.5) is 96.9 Å². The first kappa shape index (κ1) is 60.3. The molecule has 2 saturated heterocycles. The number of carbonyl (C=O) groups excluding carboxylic acids is 3. The van der Waals surface area contributed by atoms with Crippen LogP contribution in [-0.2, 0) is 37.9 Å². The number of carbonyl (C=O) groups is 3. The van der Waals surface area contributed by atoms with Crippen molar-refractivity contribution in [3.8, 4) is 11.8 Å². The number of aromatic nitrogens is 6. The Morgan fingerprint density at radius 3 is 1.27 bits per heavy atom. The second-order valence-electron chi connectivity index (χ2n) is 17.9. The summed E-state index contributed by atoms with van der Waals surface area (Å²) in [4.78, 5) is 52.3. The van der Waals surface area contributed by atoms with Crippen molar-refractivity contribution in [2.45, 2.75) is 37.9 Å². The molecule has 33 heteroatoms. The lowest BCUT2D eigenvalue weighted by molar-refractivity contribution is -0.144. The van der Waals surface area contributed by atoms with Gasteiger partial charge in [-0.1, -0.05) is 18.2 Å². The molecule has 4 aromatic heterocycles. The van der Waals surface area contributed by atoms with Crippen LogP contribution in [0, 0.1) is 0 Å². The van der Waals surface area contributed by atoms with E-state index in [1.54, 1.807) is 66.7 Å². The zero-order chi connectivity index (χ0) is 59.7. The van der Waals surface area contributed by atoms with Gasteiger partial charge >= 0.3 is 36.8 Å². The molecule has 5 amide bonds. The van der Waals surface area contributed by atoms with E-state index in [4.69, 9.17) is 9.47 Å². The van der Waals surface area contributed by atoms with E-state index in [0.717, 1.165) is 29.0 Å². The fourth-order valence-electron chi connectivity index (χ4n) is 8.04. The number of halogens is 12. The Bertz CT molecular complexity index is 3310. The summed E-state index contributed by atoms with van der Waals surface area (Å²) in [5, 5.41) is 9.96. The first-order valence-electron chi connectivity index (χ1n) is 24.4. The topological polar surface area (TPSA) is 208 Å². The molecule has 0 bridgehead atoms. The van der Waals surface area contributed by atoms with Crippen molar-refractivity contribution >= 4 is 76.1 Å². The summed E-state index contributed by atoms with van der Waals surface area (Å²) < 4.78 is 186. The maximum atomic E-state index is 13.2. The fourth-order valence-corrected chi connectivity index (χ4v) is 9.08. The van der Waals surface area contributed by atoms with E-state index >= 15 is 0 Å². The first-order chi connectivity index (χ1) is 39.3. The molecular formula is C50H44F12N14O5S2. The number of rotatable bonds is 13. The number of hydrogen-bond donors (Lipinski definition) is 4. The first-order valence-corrected chi connectivity index (χ1v) is 25.8. The van der Waals surface area contributed by atoms with Gasteiger partial charge in [0.2, 0.25) is 11.6 Å². The summed E-state index contributed by atoms with van der Waals surface area (Å²) in [5.74, 6) is 2.12. The number of benzene rings is 3. The smallest absolute Gasteiger partial charge is 0.416 e. The molecule has 9 rings (SSSR count). The fraction of sp³-hybridized carbons (Fsp3) is 0.300. The molecule has 2 aliphatic rings. The predicted molar refractivity (Wildman–Crippen MR) is 279 cm³/mol. The van der Waals surface area contributed by atoms with E-state index in [1.165, 1.54) is 16.0 Å². The summed E-state index contributed by atoms with van der Waals surface area (Å²) in [6.07, 6.45) is -16.9. The summed E-state index contributed by atoms with van der Waals surface area (Å²) in [5.41, 5.74) is -5.27. The highest BCUT2D eigenvalue weighted by molar-refractivity contribution is 6.99. The number of piperazine rings is 2. The van der Waals surface area contributed by atoms with Crippen molar-refractivity contribution in [3.63, 3.8) is 0 Å². The third-order valence-corrected chi connectivity index (χ3v) is 13.2. The van der Waals surface area contributed by atoms with Crippen molar-refractivity contribution in [2.75, 3.05) is 90.5 Å². The minimum atomic E-state index is -5.04. The number of pyridine rings is 2. The number of nitrogens with one attached hydrogen (secondary N) is 4. The van der Waals surface area contributed by atoms with E-state index in [2.05, 4.69) is 48.7 Å². The van der Waals surface area contributed by atoms with Crippen LogP contribution in [-0.4, -0.2) is 115 Å². The van der Waals surface area contributed by atoms with E-state index in [-0.39, 0.29) is 76.4 Å².